The predicted molar refractivity (Wildman–Crippen MR) is 91.8 cm³/mol. The fourth-order valence-electron chi connectivity index (χ4n) is 4.15. The quantitative estimate of drug-likeness (QED) is 0.799. The minimum absolute atomic E-state index is 0.108. The lowest BCUT2D eigenvalue weighted by atomic mass is 9.75. The molecule has 1 atom stereocenters. The average molecular weight is 379 g/mol. The van der Waals surface area contributed by atoms with Crippen molar-refractivity contribution in [2.24, 2.45) is 15.9 Å². The van der Waals surface area contributed by atoms with Gasteiger partial charge in [0.15, 0.2) is 5.82 Å². The van der Waals surface area contributed by atoms with Crippen molar-refractivity contribution in [1.82, 2.24) is 15.0 Å². The first kappa shape index (κ1) is 13.9. The molecule has 0 saturated carbocycles. The van der Waals surface area contributed by atoms with E-state index in [2.05, 4.69) is 36.2 Å². The van der Waals surface area contributed by atoms with Gasteiger partial charge in [0.2, 0.25) is 0 Å². The van der Waals surface area contributed by atoms with Gasteiger partial charge < -0.3 is 4.74 Å². The van der Waals surface area contributed by atoms with E-state index in [1.165, 1.54) is 25.9 Å². The minimum Gasteiger partial charge on any atom is -0.454 e. The number of hydrogen-bond donors (Lipinski definition) is 1. The summed E-state index contributed by atoms with van der Waals surface area (Å²) in [7, 11) is 0. The molecule has 5 aliphatic heterocycles. The number of fused-ring (bicyclic) bond motifs is 3. The molecule has 7 nitrogen and oxygen atoms in total. The van der Waals surface area contributed by atoms with Crippen LogP contribution in [-0.2, 0) is 4.74 Å². The maximum Gasteiger partial charge on any atom is 0.306 e. The number of hydrogen-bond acceptors (Lipinski definition) is 6. The van der Waals surface area contributed by atoms with Gasteiger partial charge in [-0.1, -0.05) is 0 Å². The van der Waals surface area contributed by atoms with Gasteiger partial charge in [-0.2, -0.15) is 0 Å². The molecular weight excluding hydrogens is 360 g/mol. The first-order valence-electron chi connectivity index (χ1n) is 8.13. The molecule has 1 N–H and O–H groups in total. The molecule has 1 unspecified atom stereocenters. The Morgan fingerprint density at radius 2 is 2.22 bits per heavy atom. The normalized spacial score (nSPS) is 34.5. The standard InChI is InChI=1S/C15H19BrN6O/c16-12-7-13-17-3-6-22(21(13)8-12)19-14-18-9-15(23-14)10-20-4-1-11(15)2-5-20/h3,7-8,11H,1-2,4-6,9-10H2,(H,18,19). The van der Waals surface area contributed by atoms with Gasteiger partial charge in [0, 0.05) is 29.3 Å². The van der Waals surface area contributed by atoms with Crippen LogP contribution in [-0.4, -0.2) is 60.1 Å². The summed E-state index contributed by atoms with van der Waals surface area (Å²) in [5, 5.41) is 1.96. The molecule has 2 bridgehead atoms. The van der Waals surface area contributed by atoms with E-state index in [4.69, 9.17) is 4.74 Å². The van der Waals surface area contributed by atoms with Crippen LogP contribution in [0.5, 0.6) is 0 Å². The molecule has 0 aliphatic carbocycles. The lowest BCUT2D eigenvalue weighted by molar-refractivity contribution is -0.0848. The van der Waals surface area contributed by atoms with Gasteiger partial charge in [0.25, 0.3) is 0 Å². The number of ether oxygens (including phenoxy) is 1. The van der Waals surface area contributed by atoms with Gasteiger partial charge in [0.1, 0.15) is 5.60 Å². The fraction of sp³-hybridized carbons (Fsp3) is 0.600. The van der Waals surface area contributed by atoms with Crippen LogP contribution >= 0.6 is 15.9 Å². The first-order valence-corrected chi connectivity index (χ1v) is 8.92. The second kappa shape index (κ2) is 4.98. The van der Waals surface area contributed by atoms with Crippen LogP contribution in [0.2, 0.25) is 0 Å². The van der Waals surface area contributed by atoms with Crippen LogP contribution < -0.4 is 10.5 Å². The summed E-state index contributed by atoms with van der Waals surface area (Å²) in [6.45, 7) is 4.86. The molecule has 3 fully saturated rings. The summed E-state index contributed by atoms with van der Waals surface area (Å²) in [6, 6.07) is 2.61. The largest absolute Gasteiger partial charge is 0.454 e. The topological polar surface area (TPSA) is 57.4 Å². The molecule has 0 aromatic carbocycles. The van der Waals surface area contributed by atoms with Gasteiger partial charge in [-0.3, -0.25) is 4.90 Å². The molecule has 5 aliphatic rings. The minimum atomic E-state index is -0.108. The van der Waals surface area contributed by atoms with Crippen molar-refractivity contribution in [2.45, 2.75) is 18.4 Å². The number of halogens is 1. The van der Waals surface area contributed by atoms with E-state index < -0.39 is 0 Å². The number of nitrogens with one attached hydrogen (secondary N) is 1. The van der Waals surface area contributed by atoms with Gasteiger partial charge >= 0.3 is 6.02 Å². The lowest BCUT2D eigenvalue weighted by Crippen LogP contribution is -2.62. The van der Waals surface area contributed by atoms with Gasteiger partial charge in [-0.05, 0) is 47.9 Å². The van der Waals surface area contributed by atoms with Gasteiger partial charge in [-0.25, -0.2) is 25.2 Å². The Morgan fingerprint density at radius 3 is 3.00 bits per heavy atom. The monoisotopic (exact) mass is 378 g/mol. The van der Waals surface area contributed by atoms with Crippen LogP contribution in [0.3, 0.4) is 0 Å². The van der Waals surface area contributed by atoms with Crippen LogP contribution in [0.25, 0.3) is 0 Å². The molecule has 6 rings (SSSR count). The Labute approximate surface area is 143 Å². The molecule has 1 spiro atoms. The van der Waals surface area contributed by atoms with E-state index in [9.17, 15) is 0 Å². The summed E-state index contributed by atoms with van der Waals surface area (Å²) in [6.07, 6.45) is 6.33. The Bertz CT molecular complexity index is 692. The number of piperidine rings is 3. The van der Waals surface area contributed by atoms with Crippen molar-refractivity contribution in [3.63, 3.8) is 0 Å². The van der Waals surface area contributed by atoms with E-state index in [0.29, 0.717) is 18.5 Å². The highest BCUT2D eigenvalue weighted by Gasteiger charge is 2.51. The molecule has 122 valence electrons. The Morgan fingerprint density at radius 1 is 1.35 bits per heavy atom. The summed E-state index contributed by atoms with van der Waals surface area (Å²) in [5.74, 6) is 1.52. The molecule has 8 heteroatoms. The highest BCUT2D eigenvalue weighted by atomic mass is 79.9. The second-order valence-electron chi connectivity index (χ2n) is 6.71. The predicted octanol–water partition coefficient (Wildman–Crippen LogP) is 1.26. The fourth-order valence-corrected chi connectivity index (χ4v) is 4.55. The van der Waals surface area contributed by atoms with E-state index in [0.717, 1.165) is 23.4 Å². The zero-order chi connectivity index (χ0) is 15.4. The van der Waals surface area contributed by atoms with Crippen LogP contribution in [0.4, 0.5) is 5.82 Å². The highest BCUT2D eigenvalue weighted by Crippen LogP contribution is 2.40. The van der Waals surface area contributed by atoms with Crippen molar-refractivity contribution < 1.29 is 4.74 Å². The zero-order valence-electron chi connectivity index (χ0n) is 12.8. The number of nitrogens with zero attached hydrogens (tertiary/aromatic N) is 5. The van der Waals surface area contributed by atoms with E-state index in [1.54, 1.807) is 0 Å². The van der Waals surface area contributed by atoms with Crippen molar-refractivity contribution in [3.05, 3.63) is 16.7 Å². The maximum atomic E-state index is 6.33. The number of aliphatic imine (C=N–C) groups is 2. The van der Waals surface area contributed by atoms with Gasteiger partial charge in [0.05, 0.1) is 13.1 Å². The molecule has 1 aromatic heterocycles. The van der Waals surface area contributed by atoms with Crippen LogP contribution in [0.15, 0.2) is 26.7 Å². The van der Waals surface area contributed by atoms with Crippen molar-refractivity contribution in [1.29, 1.82) is 0 Å². The van der Waals surface area contributed by atoms with Crippen molar-refractivity contribution >= 4 is 34.0 Å². The van der Waals surface area contributed by atoms with Crippen LogP contribution in [0.1, 0.15) is 12.8 Å². The lowest BCUT2D eigenvalue weighted by Gasteiger charge is -2.50. The SMILES string of the molecule is Brc1cc2n(c1)N(NC1=NCC3(CN4CCC3CC4)O1)CC=N2. The third kappa shape index (κ3) is 2.19. The number of amidine groups is 1. The molecule has 1 aromatic rings. The molecule has 0 amide bonds. The molecule has 3 saturated heterocycles. The van der Waals surface area contributed by atoms with E-state index in [1.807, 2.05) is 28.3 Å². The number of hydrazine groups is 1. The average Bonchev–Trinajstić information content (AvgIpc) is 3.12. The summed E-state index contributed by atoms with van der Waals surface area (Å²) in [4.78, 5) is 11.5. The maximum absolute atomic E-state index is 6.33. The molecule has 23 heavy (non-hydrogen) atoms. The zero-order valence-corrected chi connectivity index (χ0v) is 14.4. The second-order valence-corrected chi connectivity index (χ2v) is 7.62. The van der Waals surface area contributed by atoms with Crippen LogP contribution in [0, 0.1) is 5.92 Å². The van der Waals surface area contributed by atoms with E-state index >= 15 is 0 Å². The van der Waals surface area contributed by atoms with Gasteiger partial charge in [-0.15, -0.1) is 0 Å². The summed E-state index contributed by atoms with van der Waals surface area (Å²) < 4.78 is 9.31. The first-order chi connectivity index (χ1) is 11.2. The van der Waals surface area contributed by atoms with Crippen molar-refractivity contribution in [3.8, 4) is 0 Å². The Kier molecular flexibility index (Phi) is 3.00. The van der Waals surface area contributed by atoms with Crippen molar-refractivity contribution in [2.75, 3.05) is 37.8 Å². The molecule has 6 heterocycles. The smallest absolute Gasteiger partial charge is 0.306 e. The Balaban J connectivity index is 1.32. The summed E-state index contributed by atoms with van der Waals surface area (Å²) in [5.41, 5.74) is 3.20. The van der Waals surface area contributed by atoms with E-state index in [-0.39, 0.29) is 5.60 Å². The third-order valence-corrected chi connectivity index (χ3v) is 5.76. The molecular formula is C15H19BrN6O. The molecule has 0 radical (unpaired) electrons. The highest BCUT2D eigenvalue weighted by molar-refractivity contribution is 9.10. The summed E-state index contributed by atoms with van der Waals surface area (Å²) >= 11 is 3.50. The number of aromatic nitrogens is 1. The third-order valence-electron chi connectivity index (χ3n) is 5.32. The number of rotatable bonds is 1. The Hall–Kier alpha value is -1.54.